The van der Waals surface area contributed by atoms with E-state index in [0.717, 1.165) is 22.2 Å². The molecular weight excluding hydrogens is 397 g/mol. The van der Waals surface area contributed by atoms with Crippen molar-refractivity contribution in [2.45, 2.75) is 12.7 Å². The van der Waals surface area contributed by atoms with Crippen molar-refractivity contribution >= 4 is 39.2 Å². The monoisotopic (exact) mass is 406 g/mol. The van der Waals surface area contributed by atoms with Gasteiger partial charge in [-0.1, -0.05) is 39.7 Å². The highest BCUT2D eigenvalue weighted by molar-refractivity contribution is 9.10. The number of hydrogen-bond donors (Lipinski definition) is 2. The lowest BCUT2D eigenvalue weighted by Crippen LogP contribution is -2.29. The van der Waals surface area contributed by atoms with Crippen molar-refractivity contribution in [3.63, 3.8) is 0 Å². The molecule has 0 saturated carbocycles. The molecule has 8 heteroatoms. The van der Waals surface area contributed by atoms with Crippen LogP contribution in [0.1, 0.15) is 11.1 Å². The van der Waals surface area contributed by atoms with Crippen LogP contribution in [-0.4, -0.2) is 6.03 Å². The Balaban J connectivity index is 2.06. The molecule has 3 nitrogen and oxygen atoms in total. The van der Waals surface area contributed by atoms with Gasteiger partial charge in [-0.3, -0.25) is 0 Å². The van der Waals surface area contributed by atoms with Gasteiger partial charge in [-0.05, 0) is 35.9 Å². The zero-order chi connectivity index (χ0) is 17.0. The van der Waals surface area contributed by atoms with Gasteiger partial charge < -0.3 is 10.6 Å². The third kappa shape index (κ3) is 5.14. The van der Waals surface area contributed by atoms with E-state index >= 15 is 0 Å². The number of carbonyl (C=O) groups is 1. The minimum Gasteiger partial charge on any atom is -0.334 e. The third-order valence-corrected chi connectivity index (χ3v) is 3.61. The Morgan fingerprint density at radius 3 is 2.57 bits per heavy atom. The van der Waals surface area contributed by atoms with Crippen LogP contribution in [0.4, 0.5) is 23.7 Å². The molecule has 2 N–H and O–H groups in total. The van der Waals surface area contributed by atoms with Gasteiger partial charge >= 0.3 is 12.2 Å². The summed E-state index contributed by atoms with van der Waals surface area (Å²) < 4.78 is 39.7. The molecule has 0 aliphatic carbocycles. The average Bonchev–Trinajstić information content (AvgIpc) is 2.46. The van der Waals surface area contributed by atoms with Gasteiger partial charge in [-0.2, -0.15) is 13.2 Å². The zero-order valence-electron chi connectivity index (χ0n) is 11.5. The molecule has 0 saturated heterocycles. The molecule has 0 bridgehead atoms. The fourth-order valence-corrected chi connectivity index (χ4v) is 2.47. The second-order valence-electron chi connectivity index (χ2n) is 4.63. The molecule has 122 valence electrons. The fraction of sp³-hybridized carbons (Fsp3) is 0.133. The van der Waals surface area contributed by atoms with Gasteiger partial charge in [-0.25, -0.2) is 4.79 Å². The zero-order valence-corrected chi connectivity index (χ0v) is 13.9. The molecular formula is C15H11BrClF3N2O. The summed E-state index contributed by atoms with van der Waals surface area (Å²) in [6.07, 6.45) is -4.61. The molecule has 0 aromatic heterocycles. The summed E-state index contributed by atoms with van der Waals surface area (Å²) in [5.74, 6) is 0. The Morgan fingerprint density at radius 2 is 1.91 bits per heavy atom. The highest BCUT2D eigenvalue weighted by atomic mass is 79.9. The summed E-state index contributed by atoms with van der Waals surface area (Å²) in [7, 11) is 0. The predicted octanol–water partition coefficient (Wildman–Crippen LogP) is 5.44. The van der Waals surface area contributed by atoms with Crippen molar-refractivity contribution in [1.82, 2.24) is 5.32 Å². The average molecular weight is 408 g/mol. The number of benzene rings is 2. The summed E-state index contributed by atoms with van der Waals surface area (Å²) in [5.41, 5.74) is -0.544. The smallest absolute Gasteiger partial charge is 0.334 e. The molecule has 0 radical (unpaired) electrons. The Bertz CT molecular complexity index is 722. The highest BCUT2D eigenvalue weighted by Gasteiger charge is 2.34. The van der Waals surface area contributed by atoms with E-state index in [0.29, 0.717) is 0 Å². The first kappa shape index (κ1) is 17.6. The Labute approximate surface area is 144 Å². The van der Waals surface area contributed by atoms with Crippen LogP contribution in [0.2, 0.25) is 5.02 Å². The van der Waals surface area contributed by atoms with Gasteiger partial charge in [-0.15, -0.1) is 0 Å². The lowest BCUT2D eigenvalue weighted by Gasteiger charge is -2.14. The van der Waals surface area contributed by atoms with Crippen LogP contribution >= 0.6 is 27.5 Å². The fourth-order valence-electron chi connectivity index (χ4n) is 1.86. The first-order valence-electron chi connectivity index (χ1n) is 6.42. The normalized spacial score (nSPS) is 11.2. The van der Waals surface area contributed by atoms with Crippen molar-refractivity contribution in [2.75, 3.05) is 5.32 Å². The number of halogens is 5. The largest absolute Gasteiger partial charge is 0.418 e. The molecule has 2 rings (SSSR count). The standard InChI is InChI=1S/C15H11BrClF3N2O/c16-10-3-1-2-9(6-10)8-21-14(23)22-13-5-4-11(17)7-12(13)15(18,19)20/h1-7H,8H2,(H2,21,22,23). The van der Waals surface area contributed by atoms with Crippen molar-refractivity contribution in [3.05, 3.63) is 63.1 Å². The molecule has 0 aliphatic rings. The van der Waals surface area contributed by atoms with Crippen molar-refractivity contribution < 1.29 is 18.0 Å². The second-order valence-corrected chi connectivity index (χ2v) is 5.98. The van der Waals surface area contributed by atoms with Crippen molar-refractivity contribution in [3.8, 4) is 0 Å². The van der Waals surface area contributed by atoms with Gasteiger partial charge in [0.1, 0.15) is 0 Å². The van der Waals surface area contributed by atoms with Crippen LogP contribution < -0.4 is 10.6 Å². The number of carbonyl (C=O) groups excluding carboxylic acids is 1. The molecule has 0 spiro atoms. The molecule has 2 aromatic carbocycles. The number of amides is 2. The van der Waals surface area contributed by atoms with Crippen LogP contribution in [0.15, 0.2) is 46.9 Å². The van der Waals surface area contributed by atoms with E-state index < -0.39 is 17.8 Å². The molecule has 0 heterocycles. The molecule has 0 atom stereocenters. The number of anilines is 1. The number of nitrogens with one attached hydrogen (secondary N) is 2. The number of urea groups is 1. The summed E-state index contributed by atoms with van der Waals surface area (Å²) in [6.45, 7) is 0.181. The van der Waals surface area contributed by atoms with E-state index in [-0.39, 0.29) is 17.3 Å². The first-order valence-corrected chi connectivity index (χ1v) is 7.59. The molecule has 0 aliphatic heterocycles. The van der Waals surface area contributed by atoms with Gasteiger partial charge in [0.2, 0.25) is 0 Å². The van der Waals surface area contributed by atoms with Crippen LogP contribution in [0, 0.1) is 0 Å². The van der Waals surface area contributed by atoms with E-state index in [1.807, 2.05) is 6.07 Å². The van der Waals surface area contributed by atoms with Gasteiger partial charge in [0.15, 0.2) is 0 Å². The number of rotatable bonds is 3. The second kappa shape index (κ2) is 7.23. The van der Waals surface area contributed by atoms with Gasteiger partial charge in [0, 0.05) is 16.0 Å². The topological polar surface area (TPSA) is 41.1 Å². The van der Waals surface area contributed by atoms with E-state index in [4.69, 9.17) is 11.6 Å². The van der Waals surface area contributed by atoms with E-state index in [9.17, 15) is 18.0 Å². The van der Waals surface area contributed by atoms with E-state index in [1.54, 1.807) is 18.2 Å². The van der Waals surface area contributed by atoms with Crippen LogP contribution in [-0.2, 0) is 12.7 Å². The van der Waals surface area contributed by atoms with Crippen LogP contribution in [0.25, 0.3) is 0 Å². The minimum atomic E-state index is -4.61. The van der Waals surface area contributed by atoms with Gasteiger partial charge in [0.25, 0.3) is 0 Å². The summed E-state index contributed by atoms with van der Waals surface area (Å²) in [6, 6.07) is 9.62. The Morgan fingerprint density at radius 1 is 1.17 bits per heavy atom. The minimum absolute atomic E-state index is 0.0579. The first-order chi connectivity index (χ1) is 10.8. The lowest BCUT2D eigenvalue weighted by atomic mass is 10.1. The molecule has 2 aromatic rings. The number of alkyl halides is 3. The molecule has 0 unspecified atom stereocenters. The van der Waals surface area contributed by atoms with Crippen molar-refractivity contribution in [1.29, 1.82) is 0 Å². The maximum Gasteiger partial charge on any atom is 0.418 e. The Kier molecular flexibility index (Phi) is 5.54. The summed E-state index contributed by atoms with van der Waals surface area (Å²) in [5, 5.41) is 4.63. The third-order valence-electron chi connectivity index (χ3n) is 2.88. The van der Waals surface area contributed by atoms with E-state index in [1.165, 1.54) is 6.07 Å². The van der Waals surface area contributed by atoms with Crippen LogP contribution in [0.5, 0.6) is 0 Å². The maximum absolute atomic E-state index is 12.9. The van der Waals surface area contributed by atoms with Crippen molar-refractivity contribution in [2.24, 2.45) is 0 Å². The maximum atomic E-state index is 12.9. The number of hydrogen-bond acceptors (Lipinski definition) is 1. The summed E-state index contributed by atoms with van der Waals surface area (Å²) in [4.78, 5) is 11.8. The summed E-state index contributed by atoms with van der Waals surface area (Å²) >= 11 is 8.88. The quantitative estimate of drug-likeness (QED) is 0.698. The molecule has 0 fully saturated rings. The predicted molar refractivity (Wildman–Crippen MR) is 86.5 cm³/mol. The van der Waals surface area contributed by atoms with Crippen LogP contribution in [0.3, 0.4) is 0 Å². The van der Waals surface area contributed by atoms with E-state index in [2.05, 4.69) is 26.6 Å². The van der Waals surface area contributed by atoms with Gasteiger partial charge in [0.05, 0.1) is 11.3 Å². The SMILES string of the molecule is O=C(NCc1cccc(Br)c1)Nc1ccc(Cl)cc1C(F)(F)F. The lowest BCUT2D eigenvalue weighted by molar-refractivity contribution is -0.136. The Hall–Kier alpha value is -1.73. The highest BCUT2D eigenvalue weighted by Crippen LogP contribution is 2.36. The molecule has 2 amide bonds. The molecule has 23 heavy (non-hydrogen) atoms.